The molecule has 12 nitrogen and oxygen atoms in total. The van der Waals surface area contributed by atoms with Gasteiger partial charge in [-0.2, -0.15) is 0 Å². The highest BCUT2D eigenvalue weighted by Gasteiger charge is 2.39. The summed E-state index contributed by atoms with van der Waals surface area (Å²) in [6.07, 6.45) is 0.0439. The van der Waals surface area contributed by atoms with Gasteiger partial charge in [-0.25, -0.2) is 4.39 Å². The number of nitrogens with zero attached hydrogens (tertiary/aromatic N) is 2. The zero-order valence-corrected chi connectivity index (χ0v) is 27.1. The zero-order chi connectivity index (χ0) is 33.9. The zero-order valence-electron chi connectivity index (χ0n) is 26.4. The quantitative estimate of drug-likeness (QED) is 0.269. The number of ether oxygens (including phenoxy) is 4. The summed E-state index contributed by atoms with van der Waals surface area (Å²) < 4.78 is 38.2. The molecule has 2 aliphatic heterocycles. The lowest BCUT2D eigenvalue weighted by Crippen LogP contribution is -2.30. The van der Waals surface area contributed by atoms with Crippen molar-refractivity contribution in [2.24, 2.45) is 11.8 Å². The molecule has 2 N–H and O–H groups in total. The van der Waals surface area contributed by atoms with Gasteiger partial charge in [-0.05, 0) is 30.2 Å². The number of methoxy groups -OCH3 is 2. The van der Waals surface area contributed by atoms with E-state index in [1.165, 1.54) is 33.0 Å². The Morgan fingerprint density at radius 1 is 0.891 bits per heavy atom. The van der Waals surface area contributed by atoms with Crippen molar-refractivity contribution in [1.29, 1.82) is 0 Å². The molecule has 2 aromatic rings. The average Bonchev–Trinajstić information content (AvgIpc) is 3.59. The summed E-state index contributed by atoms with van der Waals surface area (Å²) in [6, 6.07) is 2.98. The standard InChI is InChI=1S/C32H38ClFN2O10/c1-16(31(39)40)9-24(37)35-13-19-11-22(43-4)23(12-20(19)14-35)45-7-6-8-46-29-27(33)26-18(3)36(25(38)10-17(2)32(41)42)15-21(26)28(34)30(29)44-5/h11-12,16-18H,6-10,13-15H2,1-5H3,(H,39,40)(H,41,42)/t16-,17-,18?/m0/s1. The van der Waals surface area contributed by atoms with Gasteiger partial charge in [-0.15, -0.1) is 0 Å². The maximum atomic E-state index is 15.6. The number of amides is 2. The molecule has 0 bridgehead atoms. The molecule has 2 heterocycles. The molecule has 0 spiro atoms. The molecular formula is C32H38ClFN2O10. The van der Waals surface area contributed by atoms with Crippen LogP contribution in [-0.2, 0) is 38.8 Å². The third-order valence-electron chi connectivity index (χ3n) is 8.33. The van der Waals surface area contributed by atoms with E-state index in [9.17, 15) is 24.3 Å². The van der Waals surface area contributed by atoms with Gasteiger partial charge >= 0.3 is 11.9 Å². The number of rotatable bonds is 14. The van der Waals surface area contributed by atoms with Crippen LogP contribution in [0.2, 0.25) is 5.02 Å². The first-order valence-corrected chi connectivity index (χ1v) is 15.2. The Morgan fingerprint density at radius 3 is 2.02 bits per heavy atom. The minimum atomic E-state index is -1.10. The normalized spacial score (nSPS) is 16.4. The second-order valence-electron chi connectivity index (χ2n) is 11.5. The van der Waals surface area contributed by atoms with E-state index < -0.39 is 41.5 Å². The molecule has 0 fully saturated rings. The Labute approximate surface area is 270 Å². The fraction of sp³-hybridized carbons (Fsp3) is 0.500. The van der Waals surface area contributed by atoms with Crippen LogP contribution < -0.4 is 18.9 Å². The first-order chi connectivity index (χ1) is 21.8. The summed E-state index contributed by atoms with van der Waals surface area (Å²) in [6.45, 7) is 5.50. The van der Waals surface area contributed by atoms with Crippen molar-refractivity contribution in [1.82, 2.24) is 9.80 Å². The third kappa shape index (κ3) is 7.09. The van der Waals surface area contributed by atoms with Crippen LogP contribution in [0.15, 0.2) is 12.1 Å². The molecule has 250 valence electrons. The predicted octanol–water partition coefficient (Wildman–Crippen LogP) is 4.81. The largest absolute Gasteiger partial charge is 0.493 e. The Morgan fingerprint density at radius 2 is 1.46 bits per heavy atom. The maximum absolute atomic E-state index is 15.6. The fourth-order valence-electron chi connectivity index (χ4n) is 5.59. The fourth-order valence-corrected chi connectivity index (χ4v) is 6.00. The average molecular weight is 665 g/mol. The van der Waals surface area contributed by atoms with Gasteiger partial charge in [-0.3, -0.25) is 19.2 Å². The van der Waals surface area contributed by atoms with Gasteiger partial charge in [-0.1, -0.05) is 25.4 Å². The molecule has 46 heavy (non-hydrogen) atoms. The highest BCUT2D eigenvalue weighted by molar-refractivity contribution is 6.33. The predicted molar refractivity (Wildman–Crippen MR) is 163 cm³/mol. The number of carboxylic acids is 2. The third-order valence-corrected chi connectivity index (χ3v) is 8.70. The summed E-state index contributed by atoms with van der Waals surface area (Å²) in [5, 5.41) is 18.4. The van der Waals surface area contributed by atoms with Crippen LogP contribution in [0, 0.1) is 17.7 Å². The summed E-state index contributed by atoms with van der Waals surface area (Å²) in [5.41, 5.74) is 2.33. The number of fused-ring (bicyclic) bond motifs is 2. The Hall–Kier alpha value is -4.26. The van der Waals surface area contributed by atoms with Crippen LogP contribution in [0.1, 0.15) is 68.3 Å². The molecular weight excluding hydrogens is 627 g/mol. The van der Waals surface area contributed by atoms with E-state index in [1.54, 1.807) is 24.0 Å². The number of carbonyl (C=O) groups is 4. The van der Waals surface area contributed by atoms with Crippen molar-refractivity contribution in [3.8, 4) is 23.0 Å². The van der Waals surface area contributed by atoms with Crippen molar-refractivity contribution in [3.63, 3.8) is 0 Å². The van der Waals surface area contributed by atoms with Crippen molar-refractivity contribution < 1.29 is 52.7 Å². The molecule has 0 radical (unpaired) electrons. The van der Waals surface area contributed by atoms with Gasteiger partial charge < -0.3 is 39.0 Å². The maximum Gasteiger partial charge on any atom is 0.306 e. The lowest BCUT2D eigenvalue weighted by Gasteiger charge is -2.23. The molecule has 1 unspecified atom stereocenters. The Kier molecular flexibility index (Phi) is 10.9. The van der Waals surface area contributed by atoms with Crippen LogP contribution in [0.4, 0.5) is 4.39 Å². The van der Waals surface area contributed by atoms with Crippen molar-refractivity contribution >= 4 is 35.4 Å². The van der Waals surface area contributed by atoms with Gasteiger partial charge in [0.2, 0.25) is 11.8 Å². The van der Waals surface area contributed by atoms with Crippen molar-refractivity contribution in [3.05, 3.63) is 45.2 Å². The number of hydrogen-bond donors (Lipinski definition) is 2. The van der Waals surface area contributed by atoms with E-state index in [0.29, 0.717) is 36.6 Å². The van der Waals surface area contributed by atoms with Gasteiger partial charge in [0.05, 0.1) is 50.3 Å². The van der Waals surface area contributed by atoms with E-state index in [2.05, 4.69) is 0 Å². The summed E-state index contributed by atoms with van der Waals surface area (Å²) >= 11 is 6.70. The number of halogens is 2. The van der Waals surface area contributed by atoms with E-state index in [4.69, 9.17) is 35.7 Å². The summed E-state index contributed by atoms with van der Waals surface area (Å²) in [5.74, 6) is -4.43. The first-order valence-electron chi connectivity index (χ1n) is 14.8. The Balaban J connectivity index is 1.39. The van der Waals surface area contributed by atoms with Crippen LogP contribution in [0.25, 0.3) is 0 Å². The molecule has 14 heteroatoms. The van der Waals surface area contributed by atoms with Gasteiger partial charge in [0.25, 0.3) is 0 Å². The number of benzene rings is 2. The molecule has 0 aromatic heterocycles. The summed E-state index contributed by atoms with van der Waals surface area (Å²) in [7, 11) is 2.79. The highest BCUT2D eigenvalue weighted by atomic mass is 35.5. The first kappa shape index (κ1) is 34.6. The van der Waals surface area contributed by atoms with E-state index >= 15 is 4.39 Å². The smallest absolute Gasteiger partial charge is 0.306 e. The van der Waals surface area contributed by atoms with Crippen molar-refractivity contribution in [2.75, 3.05) is 27.4 Å². The topological polar surface area (TPSA) is 152 Å². The van der Waals surface area contributed by atoms with Gasteiger partial charge in [0.15, 0.2) is 28.8 Å². The van der Waals surface area contributed by atoms with Crippen LogP contribution in [0.5, 0.6) is 23.0 Å². The van der Waals surface area contributed by atoms with E-state index in [-0.39, 0.29) is 60.6 Å². The van der Waals surface area contributed by atoms with E-state index in [0.717, 1.165) is 11.1 Å². The monoisotopic (exact) mass is 664 g/mol. The number of carbonyl (C=O) groups excluding carboxylic acids is 2. The second kappa shape index (κ2) is 14.4. The molecule has 0 aliphatic carbocycles. The SMILES string of the molecule is COc1cc2c(cc1OCCCOc1c(Cl)c3c(c(F)c1OC)CN(C(=O)C[C@H](C)C(=O)O)C3C)CN(C(=O)C[C@H](C)C(=O)O)C2. The van der Waals surface area contributed by atoms with Crippen LogP contribution in [-0.4, -0.2) is 71.2 Å². The molecule has 2 aliphatic rings. The lowest BCUT2D eigenvalue weighted by atomic mass is 10.0. The molecule has 3 atom stereocenters. The molecule has 4 rings (SSSR count). The highest BCUT2D eigenvalue weighted by Crippen LogP contribution is 2.49. The van der Waals surface area contributed by atoms with Crippen LogP contribution >= 0.6 is 11.6 Å². The minimum Gasteiger partial charge on any atom is -0.493 e. The van der Waals surface area contributed by atoms with Gasteiger partial charge in [0, 0.05) is 50.0 Å². The van der Waals surface area contributed by atoms with Crippen molar-refractivity contribution in [2.45, 2.75) is 65.7 Å². The molecule has 0 saturated carbocycles. The molecule has 2 amide bonds. The van der Waals surface area contributed by atoms with Gasteiger partial charge in [0.1, 0.15) is 0 Å². The van der Waals surface area contributed by atoms with Crippen LogP contribution in [0.3, 0.4) is 0 Å². The minimum absolute atomic E-state index is 0.00226. The number of hydrogen-bond acceptors (Lipinski definition) is 8. The lowest BCUT2D eigenvalue weighted by molar-refractivity contribution is -0.146. The molecule has 0 saturated heterocycles. The molecule has 2 aromatic carbocycles. The second-order valence-corrected chi connectivity index (χ2v) is 11.9. The van der Waals surface area contributed by atoms with E-state index in [1.807, 2.05) is 0 Å². The number of aliphatic carboxylic acids is 2. The summed E-state index contributed by atoms with van der Waals surface area (Å²) in [4.78, 5) is 50.9. The Bertz CT molecular complexity index is 1530. The number of carboxylic acid groups (broad SMARTS) is 2.